The Bertz CT molecular complexity index is 3960. The summed E-state index contributed by atoms with van der Waals surface area (Å²) in [4.78, 5) is 2.48. The Balaban J connectivity index is 0.956. The maximum Gasteiger partial charge on any atom is 0.180 e. The maximum absolute atomic E-state index is 2.77. The SMILES string of the molecule is CC1(c2ccccc2)c2ccccc2-c2ccc(-c3ccc(N(c4cccc([Si]5(c6ccccc6)c6ccccc6-c6ccccc65)c4)c4ccc5c(c4)c4ccccc4n5-c4ccccc4)cc3)cc21. The van der Waals surface area contributed by atoms with Gasteiger partial charge in [0.2, 0.25) is 0 Å². The Morgan fingerprint density at radius 1 is 0.352 bits per heavy atom. The summed E-state index contributed by atoms with van der Waals surface area (Å²) in [6.45, 7) is 2.40. The minimum atomic E-state index is -2.77. The Kier molecular flexibility index (Phi) is 9.39. The molecule has 0 amide bonds. The van der Waals surface area contributed by atoms with Gasteiger partial charge in [0, 0.05) is 38.9 Å². The third-order valence-electron chi connectivity index (χ3n) is 15.7. The van der Waals surface area contributed by atoms with Gasteiger partial charge >= 0.3 is 0 Å². The minimum Gasteiger partial charge on any atom is -0.310 e. The number of hydrogen-bond donors (Lipinski definition) is 0. The van der Waals surface area contributed by atoms with Crippen LogP contribution in [0.25, 0.3) is 60.9 Å². The normalized spacial score (nSPS) is 15.0. The quantitative estimate of drug-likeness (QED) is 0.138. The molecule has 1 aliphatic carbocycles. The lowest BCUT2D eigenvalue weighted by atomic mass is 9.74. The third kappa shape index (κ3) is 6.13. The number of anilines is 3. The largest absolute Gasteiger partial charge is 0.310 e. The van der Waals surface area contributed by atoms with Crippen molar-refractivity contribution in [3.05, 3.63) is 290 Å². The highest BCUT2D eigenvalue weighted by atomic mass is 28.3. The average Bonchev–Trinajstić information content (AvgIpc) is 4.04. The van der Waals surface area contributed by atoms with Crippen molar-refractivity contribution >= 4 is 67.7 Å². The molecule has 71 heavy (non-hydrogen) atoms. The van der Waals surface area contributed by atoms with Gasteiger partial charge < -0.3 is 9.47 Å². The number of para-hydroxylation sites is 2. The van der Waals surface area contributed by atoms with Crippen molar-refractivity contribution in [2.45, 2.75) is 12.3 Å². The van der Waals surface area contributed by atoms with Gasteiger partial charge in [-0.1, -0.05) is 206 Å². The molecule has 0 fully saturated rings. The number of aromatic nitrogens is 1. The summed E-state index contributed by atoms with van der Waals surface area (Å²) in [6.07, 6.45) is 0. The first-order valence-electron chi connectivity index (χ1n) is 24.8. The smallest absolute Gasteiger partial charge is 0.180 e. The van der Waals surface area contributed by atoms with E-state index in [1.54, 1.807) is 0 Å². The number of benzene rings is 11. The van der Waals surface area contributed by atoms with Crippen LogP contribution in [0.2, 0.25) is 0 Å². The van der Waals surface area contributed by atoms with Crippen molar-refractivity contribution in [2.24, 2.45) is 0 Å². The first-order valence-corrected chi connectivity index (χ1v) is 26.8. The molecule has 2 heterocycles. The topological polar surface area (TPSA) is 8.17 Å². The summed E-state index contributed by atoms with van der Waals surface area (Å²) in [5, 5.41) is 8.08. The zero-order valence-electron chi connectivity index (χ0n) is 39.4. The standard InChI is InChI=1S/C68H48N2Si/c1-68(49-20-5-2-6-21-49)62-32-15-11-28-56(62)57-42-38-48(44-63(57)68)47-36-39-51(40-37-47)69(53-41-43-65-61(46-53)58-29-12-16-33-64(58)70(65)50-22-7-3-8-23-50)52-24-19-27-55(45-52)71(54-25-9-4-10-26-54)66-34-17-13-30-59(66)60-31-14-18-35-67(60)71/h2-46H,1H3. The molecule has 0 spiro atoms. The fourth-order valence-electron chi connectivity index (χ4n) is 12.5. The second kappa shape index (κ2) is 16.2. The van der Waals surface area contributed by atoms with Crippen LogP contribution in [0.1, 0.15) is 23.6 Å². The van der Waals surface area contributed by atoms with E-state index in [-0.39, 0.29) is 5.41 Å². The average molecular weight is 921 g/mol. The lowest BCUT2D eigenvalue weighted by Crippen LogP contribution is -2.72. The second-order valence-corrected chi connectivity index (χ2v) is 23.1. The molecule has 3 heteroatoms. The van der Waals surface area contributed by atoms with E-state index < -0.39 is 8.07 Å². The monoisotopic (exact) mass is 920 g/mol. The lowest BCUT2D eigenvalue weighted by Gasteiger charge is -2.33. The molecule has 0 saturated carbocycles. The molecule has 11 aromatic carbocycles. The molecule has 0 saturated heterocycles. The molecule has 12 aromatic rings. The predicted octanol–water partition coefficient (Wildman–Crippen LogP) is 14.6. The van der Waals surface area contributed by atoms with Crippen molar-refractivity contribution in [3.63, 3.8) is 0 Å². The van der Waals surface area contributed by atoms with Crippen LogP contribution >= 0.6 is 0 Å². The second-order valence-electron chi connectivity index (χ2n) is 19.3. The summed E-state index contributed by atoms with van der Waals surface area (Å²) in [5.74, 6) is 0. The van der Waals surface area contributed by atoms with E-state index in [0.717, 1.165) is 22.7 Å². The van der Waals surface area contributed by atoms with Gasteiger partial charge in [-0.05, 0) is 144 Å². The predicted molar refractivity (Wildman–Crippen MR) is 301 cm³/mol. The summed E-state index contributed by atoms with van der Waals surface area (Å²) in [7, 11) is -2.77. The van der Waals surface area contributed by atoms with Gasteiger partial charge in [-0.2, -0.15) is 0 Å². The Labute approximate surface area is 416 Å². The van der Waals surface area contributed by atoms with Crippen LogP contribution < -0.4 is 25.6 Å². The van der Waals surface area contributed by atoms with Gasteiger partial charge in [-0.25, -0.2) is 0 Å². The van der Waals surface area contributed by atoms with Crippen molar-refractivity contribution in [3.8, 4) is 39.1 Å². The first kappa shape index (κ1) is 41.2. The molecule has 1 atom stereocenters. The van der Waals surface area contributed by atoms with Crippen LogP contribution in [-0.4, -0.2) is 12.6 Å². The molecular formula is C68H48N2Si. The van der Waals surface area contributed by atoms with Crippen LogP contribution in [0.5, 0.6) is 0 Å². The van der Waals surface area contributed by atoms with Crippen LogP contribution in [0.4, 0.5) is 17.1 Å². The number of nitrogens with zero attached hydrogens (tertiary/aromatic N) is 2. The Morgan fingerprint density at radius 2 is 0.901 bits per heavy atom. The van der Waals surface area contributed by atoms with E-state index in [0.29, 0.717) is 0 Å². The van der Waals surface area contributed by atoms with Gasteiger partial charge in [0.25, 0.3) is 0 Å². The van der Waals surface area contributed by atoms with E-state index in [1.165, 1.54) is 92.6 Å². The van der Waals surface area contributed by atoms with Gasteiger partial charge in [-0.15, -0.1) is 0 Å². The summed E-state index contributed by atoms with van der Waals surface area (Å²) >= 11 is 0. The summed E-state index contributed by atoms with van der Waals surface area (Å²) in [6, 6.07) is 102. The van der Waals surface area contributed by atoms with Crippen LogP contribution in [0.3, 0.4) is 0 Å². The molecule has 334 valence electrons. The molecule has 14 rings (SSSR count). The molecule has 0 bridgehead atoms. The summed E-state index contributed by atoms with van der Waals surface area (Å²) < 4.78 is 2.40. The number of rotatable bonds is 8. The van der Waals surface area contributed by atoms with E-state index >= 15 is 0 Å². The molecule has 0 radical (unpaired) electrons. The van der Waals surface area contributed by atoms with Crippen molar-refractivity contribution < 1.29 is 0 Å². The summed E-state index contributed by atoms with van der Waals surface area (Å²) in [5.41, 5.74) is 18.3. The van der Waals surface area contributed by atoms with Gasteiger partial charge in [0.15, 0.2) is 8.07 Å². The van der Waals surface area contributed by atoms with E-state index in [1.807, 2.05) is 0 Å². The van der Waals surface area contributed by atoms with Gasteiger partial charge in [-0.3, -0.25) is 0 Å². The Morgan fingerprint density at radius 3 is 1.65 bits per heavy atom. The van der Waals surface area contributed by atoms with Crippen molar-refractivity contribution in [1.29, 1.82) is 0 Å². The maximum atomic E-state index is 2.51. The lowest BCUT2D eigenvalue weighted by molar-refractivity contribution is 0.714. The molecule has 1 aliphatic heterocycles. The van der Waals surface area contributed by atoms with Crippen LogP contribution in [0.15, 0.2) is 273 Å². The highest BCUT2D eigenvalue weighted by molar-refractivity contribution is 7.22. The zero-order valence-corrected chi connectivity index (χ0v) is 40.4. The van der Waals surface area contributed by atoms with Crippen LogP contribution in [-0.2, 0) is 5.41 Å². The van der Waals surface area contributed by atoms with E-state index in [4.69, 9.17) is 0 Å². The number of fused-ring (bicyclic) bond motifs is 9. The molecular weight excluding hydrogens is 873 g/mol. The van der Waals surface area contributed by atoms with Crippen LogP contribution in [0, 0.1) is 0 Å². The number of hydrogen-bond acceptors (Lipinski definition) is 1. The zero-order chi connectivity index (χ0) is 47.1. The van der Waals surface area contributed by atoms with Gasteiger partial charge in [0.1, 0.15) is 0 Å². The fraction of sp³-hybridized carbons (Fsp3) is 0.0294. The highest BCUT2D eigenvalue weighted by Crippen LogP contribution is 2.53. The minimum absolute atomic E-state index is 0.270. The van der Waals surface area contributed by atoms with Gasteiger partial charge in [0.05, 0.1) is 11.0 Å². The van der Waals surface area contributed by atoms with E-state index in [2.05, 4.69) is 289 Å². The molecule has 0 N–H and O–H groups in total. The van der Waals surface area contributed by atoms with E-state index in [9.17, 15) is 0 Å². The molecule has 1 aromatic heterocycles. The molecule has 2 aliphatic rings. The molecule has 1 unspecified atom stereocenters. The van der Waals surface area contributed by atoms with Crippen molar-refractivity contribution in [1.82, 2.24) is 4.57 Å². The highest BCUT2D eigenvalue weighted by Gasteiger charge is 2.48. The molecule has 2 nitrogen and oxygen atoms in total. The first-order chi connectivity index (χ1) is 35.1. The third-order valence-corrected chi connectivity index (χ3v) is 20.6. The Hall–Kier alpha value is -8.76. The fourth-order valence-corrected chi connectivity index (χ4v) is 17.8. The van der Waals surface area contributed by atoms with Crippen molar-refractivity contribution in [2.75, 3.05) is 4.90 Å².